The van der Waals surface area contributed by atoms with E-state index in [1.54, 1.807) is 10.9 Å². The van der Waals surface area contributed by atoms with Crippen LogP contribution in [-0.4, -0.2) is 25.6 Å². The van der Waals surface area contributed by atoms with Gasteiger partial charge in [-0.25, -0.2) is 0 Å². The lowest BCUT2D eigenvalue weighted by molar-refractivity contribution is -0.384. The first kappa shape index (κ1) is 14.9. The van der Waals surface area contributed by atoms with E-state index in [0.717, 1.165) is 6.07 Å². The number of halogens is 1. The minimum Gasteiger partial charge on any atom is -0.345 e. The number of aromatic nitrogens is 3. The molecular weight excluding hydrogens is 298 g/mol. The molecule has 0 saturated carbocycles. The van der Waals surface area contributed by atoms with Crippen LogP contribution in [0.2, 0.25) is 5.02 Å². The average Bonchev–Trinajstić information content (AvgIpc) is 2.92. The summed E-state index contributed by atoms with van der Waals surface area (Å²) in [5.74, 6) is 0.162. The third-order valence-electron chi connectivity index (χ3n) is 2.85. The number of aryl methyl sites for hydroxylation is 1. The molecule has 1 N–H and O–H groups in total. The SMILES string of the molecule is CCn1cnnc1CNC(=O)c1ccc(Cl)c([N+](=O)[O-])c1. The quantitative estimate of drug-likeness (QED) is 0.670. The minimum atomic E-state index is -0.632. The van der Waals surface area contributed by atoms with Gasteiger partial charge in [-0.05, 0) is 19.1 Å². The molecule has 0 spiro atoms. The molecule has 0 fully saturated rings. The van der Waals surface area contributed by atoms with Gasteiger partial charge in [0.25, 0.3) is 11.6 Å². The molecule has 1 heterocycles. The third-order valence-corrected chi connectivity index (χ3v) is 3.17. The molecule has 2 aromatic rings. The lowest BCUT2D eigenvalue weighted by Gasteiger charge is -2.06. The molecule has 1 aromatic heterocycles. The summed E-state index contributed by atoms with van der Waals surface area (Å²) < 4.78 is 1.78. The van der Waals surface area contributed by atoms with Gasteiger partial charge < -0.3 is 9.88 Å². The van der Waals surface area contributed by atoms with Gasteiger partial charge in [0.05, 0.1) is 11.5 Å². The van der Waals surface area contributed by atoms with Crippen LogP contribution < -0.4 is 5.32 Å². The van der Waals surface area contributed by atoms with E-state index in [2.05, 4.69) is 15.5 Å². The fraction of sp³-hybridized carbons (Fsp3) is 0.250. The first-order chi connectivity index (χ1) is 10.0. The third kappa shape index (κ3) is 3.34. The van der Waals surface area contributed by atoms with Crippen molar-refractivity contribution in [2.45, 2.75) is 20.0 Å². The van der Waals surface area contributed by atoms with Crippen LogP contribution in [0.3, 0.4) is 0 Å². The van der Waals surface area contributed by atoms with Crippen molar-refractivity contribution in [2.24, 2.45) is 0 Å². The number of hydrogen-bond acceptors (Lipinski definition) is 5. The number of hydrogen-bond donors (Lipinski definition) is 1. The number of amides is 1. The summed E-state index contributed by atoms with van der Waals surface area (Å²) in [6, 6.07) is 3.89. The first-order valence-electron chi connectivity index (χ1n) is 6.11. The molecule has 0 unspecified atom stereocenters. The van der Waals surface area contributed by atoms with E-state index in [0.29, 0.717) is 12.4 Å². The van der Waals surface area contributed by atoms with Gasteiger partial charge in [-0.1, -0.05) is 11.6 Å². The molecule has 21 heavy (non-hydrogen) atoms. The number of nitro benzene ring substituents is 1. The van der Waals surface area contributed by atoms with E-state index >= 15 is 0 Å². The van der Waals surface area contributed by atoms with Crippen molar-refractivity contribution in [3.63, 3.8) is 0 Å². The maximum absolute atomic E-state index is 12.0. The van der Waals surface area contributed by atoms with Crippen molar-refractivity contribution in [1.29, 1.82) is 0 Å². The number of benzene rings is 1. The Balaban J connectivity index is 2.10. The van der Waals surface area contributed by atoms with Gasteiger partial charge in [0.2, 0.25) is 0 Å². The second-order valence-electron chi connectivity index (χ2n) is 4.14. The Morgan fingerprint density at radius 2 is 2.29 bits per heavy atom. The van der Waals surface area contributed by atoms with Crippen LogP contribution in [0.5, 0.6) is 0 Å². The van der Waals surface area contributed by atoms with E-state index in [-0.39, 0.29) is 22.8 Å². The molecule has 2 rings (SSSR count). The molecule has 9 heteroatoms. The Morgan fingerprint density at radius 1 is 1.52 bits per heavy atom. The summed E-state index contributed by atoms with van der Waals surface area (Å²) in [7, 11) is 0. The maximum atomic E-state index is 12.0. The van der Waals surface area contributed by atoms with Crippen LogP contribution in [0, 0.1) is 10.1 Å². The lowest BCUT2D eigenvalue weighted by Crippen LogP contribution is -2.24. The van der Waals surface area contributed by atoms with Crippen LogP contribution in [-0.2, 0) is 13.1 Å². The molecule has 1 amide bonds. The van der Waals surface area contributed by atoms with Crippen LogP contribution in [0.1, 0.15) is 23.1 Å². The summed E-state index contributed by atoms with van der Waals surface area (Å²) in [6.45, 7) is 2.80. The monoisotopic (exact) mass is 309 g/mol. The van der Waals surface area contributed by atoms with Gasteiger partial charge >= 0.3 is 0 Å². The highest BCUT2D eigenvalue weighted by Gasteiger charge is 2.16. The largest absolute Gasteiger partial charge is 0.345 e. The average molecular weight is 310 g/mol. The normalized spacial score (nSPS) is 10.4. The highest BCUT2D eigenvalue weighted by atomic mass is 35.5. The highest BCUT2D eigenvalue weighted by molar-refractivity contribution is 6.32. The molecule has 0 saturated heterocycles. The van der Waals surface area contributed by atoms with E-state index in [1.165, 1.54) is 12.1 Å². The van der Waals surface area contributed by atoms with E-state index < -0.39 is 10.8 Å². The lowest BCUT2D eigenvalue weighted by atomic mass is 10.2. The molecule has 0 aliphatic carbocycles. The van der Waals surface area contributed by atoms with Crippen LogP contribution in [0.4, 0.5) is 5.69 Å². The zero-order valence-electron chi connectivity index (χ0n) is 11.1. The zero-order valence-corrected chi connectivity index (χ0v) is 11.9. The standard InChI is InChI=1S/C12H12ClN5O3/c1-2-17-7-15-16-11(17)6-14-12(19)8-3-4-9(13)10(5-8)18(20)21/h3-5,7H,2,6H2,1H3,(H,14,19). The fourth-order valence-corrected chi connectivity index (χ4v) is 1.92. The second-order valence-corrected chi connectivity index (χ2v) is 4.55. The van der Waals surface area contributed by atoms with Gasteiger partial charge in [0.1, 0.15) is 11.3 Å². The molecule has 0 radical (unpaired) electrons. The van der Waals surface area contributed by atoms with E-state index in [4.69, 9.17) is 11.6 Å². The number of carbonyl (C=O) groups is 1. The number of nitrogens with zero attached hydrogens (tertiary/aromatic N) is 4. The van der Waals surface area contributed by atoms with Crippen molar-refractivity contribution in [3.05, 3.63) is 51.1 Å². The van der Waals surface area contributed by atoms with Gasteiger partial charge in [-0.3, -0.25) is 14.9 Å². The Hall–Kier alpha value is -2.48. The Kier molecular flexibility index (Phi) is 4.49. The topological polar surface area (TPSA) is 103 Å². The Morgan fingerprint density at radius 3 is 2.95 bits per heavy atom. The Bertz CT molecular complexity index is 685. The summed E-state index contributed by atoms with van der Waals surface area (Å²) in [5.41, 5.74) is -0.144. The number of nitrogens with one attached hydrogen (secondary N) is 1. The molecule has 0 aliphatic rings. The first-order valence-corrected chi connectivity index (χ1v) is 6.49. The molecule has 1 aromatic carbocycles. The smallest absolute Gasteiger partial charge is 0.288 e. The van der Waals surface area contributed by atoms with E-state index in [9.17, 15) is 14.9 Å². The van der Waals surface area contributed by atoms with E-state index in [1.807, 2.05) is 6.92 Å². The second kappa shape index (κ2) is 6.31. The predicted molar refractivity (Wildman–Crippen MR) is 75.0 cm³/mol. The molecule has 0 atom stereocenters. The highest BCUT2D eigenvalue weighted by Crippen LogP contribution is 2.24. The van der Waals surface area contributed by atoms with Crippen molar-refractivity contribution in [3.8, 4) is 0 Å². The van der Waals surface area contributed by atoms with Crippen molar-refractivity contribution in [2.75, 3.05) is 0 Å². The van der Waals surface area contributed by atoms with Crippen LogP contribution in [0.25, 0.3) is 0 Å². The van der Waals surface area contributed by atoms with Crippen molar-refractivity contribution < 1.29 is 9.72 Å². The zero-order chi connectivity index (χ0) is 15.4. The number of rotatable bonds is 5. The van der Waals surface area contributed by atoms with Gasteiger partial charge in [0, 0.05) is 18.2 Å². The number of carbonyl (C=O) groups excluding carboxylic acids is 1. The van der Waals surface area contributed by atoms with Crippen molar-refractivity contribution in [1.82, 2.24) is 20.1 Å². The van der Waals surface area contributed by atoms with Gasteiger partial charge in [-0.2, -0.15) is 0 Å². The Labute approximate surface area is 124 Å². The van der Waals surface area contributed by atoms with Crippen molar-refractivity contribution >= 4 is 23.2 Å². The molecular formula is C12H12ClN5O3. The molecule has 8 nitrogen and oxygen atoms in total. The summed E-state index contributed by atoms with van der Waals surface area (Å²) in [4.78, 5) is 22.2. The molecule has 110 valence electrons. The van der Waals surface area contributed by atoms with Crippen LogP contribution >= 0.6 is 11.6 Å². The maximum Gasteiger partial charge on any atom is 0.288 e. The summed E-state index contributed by atoms with van der Waals surface area (Å²) in [5, 5.41) is 21.0. The molecule has 0 aliphatic heterocycles. The van der Waals surface area contributed by atoms with Gasteiger partial charge in [0.15, 0.2) is 5.82 Å². The summed E-state index contributed by atoms with van der Waals surface area (Å²) >= 11 is 5.70. The molecule has 0 bridgehead atoms. The van der Waals surface area contributed by atoms with Crippen LogP contribution in [0.15, 0.2) is 24.5 Å². The predicted octanol–water partition coefficient (Wildman–Crippen LogP) is 1.79. The summed E-state index contributed by atoms with van der Waals surface area (Å²) in [6.07, 6.45) is 1.56. The fourth-order valence-electron chi connectivity index (χ4n) is 1.74. The number of nitro groups is 1. The minimum absolute atomic E-state index is 0.0118. The van der Waals surface area contributed by atoms with Gasteiger partial charge in [-0.15, -0.1) is 10.2 Å².